The highest BCUT2D eigenvalue weighted by molar-refractivity contribution is 5.07. The number of nitrogens with zero attached hydrogens (tertiary/aromatic N) is 2. The molecule has 3 N–H and O–H groups in total. The van der Waals surface area contributed by atoms with E-state index in [-0.39, 0.29) is 12.1 Å². The minimum absolute atomic E-state index is 0.0722. The van der Waals surface area contributed by atoms with Crippen molar-refractivity contribution >= 4 is 0 Å². The second kappa shape index (κ2) is 7.08. The van der Waals surface area contributed by atoms with Gasteiger partial charge in [0, 0.05) is 13.3 Å². The lowest BCUT2D eigenvalue weighted by Gasteiger charge is -2.20. The Hall–Kier alpha value is -1.96. The molecule has 2 heterocycles. The van der Waals surface area contributed by atoms with Crippen LogP contribution in [-0.4, -0.2) is 56.5 Å². The lowest BCUT2D eigenvalue weighted by molar-refractivity contribution is -0.0575. The van der Waals surface area contributed by atoms with Gasteiger partial charge in [-0.25, -0.2) is 9.36 Å². The average Bonchev–Trinajstić information content (AvgIpc) is 2.87. The molecule has 0 radical (unpaired) electrons. The third-order valence-electron chi connectivity index (χ3n) is 3.72. The van der Waals surface area contributed by atoms with Crippen LogP contribution in [0.3, 0.4) is 0 Å². The largest absolute Gasteiger partial charge is 0.394 e. The van der Waals surface area contributed by atoms with Gasteiger partial charge in [0.1, 0.15) is 18.3 Å². The Morgan fingerprint density at radius 3 is 2.61 bits per heavy atom. The monoisotopic (exact) mass is 326 g/mol. The van der Waals surface area contributed by atoms with Crippen LogP contribution >= 0.6 is 0 Å². The van der Waals surface area contributed by atoms with Crippen LogP contribution in [-0.2, 0) is 22.6 Å². The van der Waals surface area contributed by atoms with Gasteiger partial charge in [-0.1, -0.05) is 5.92 Å². The number of aliphatic hydroxyl groups excluding tert-OH is 3. The zero-order valence-corrected chi connectivity index (χ0v) is 12.5. The normalized spacial score (nSPS) is 27.1. The predicted molar refractivity (Wildman–Crippen MR) is 77.5 cm³/mol. The van der Waals surface area contributed by atoms with Gasteiger partial charge in [0.2, 0.25) is 0 Å². The van der Waals surface area contributed by atoms with Crippen molar-refractivity contribution in [1.82, 2.24) is 9.13 Å². The van der Waals surface area contributed by atoms with Crippen LogP contribution in [0.2, 0.25) is 0 Å². The van der Waals surface area contributed by atoms with Crippen molar-refractivity contribution < 1.29 is 24.8 Å². The fourth-order valence-electron chi connectivity index (χ4n) is 2.59. The minimum Gasteiger partial charge on any atom is -0.394 e. The van der Waals surface area contributed by atoms with Crippen molar-refractivity contribution in [2.75, 3.05) is 13.7 Å². The molecule has 1 aliphatic heterocycles. The van der Waals surface area contributed by atoms with Crippen LogP contribution in [0.25, 0.3) is 0 Å². The summed E-state index contributed by atoms with van der Waals surface area (Å²) >= 11 is 0. The number of aliphatic hydroxyl groups is 3. The van der Waals surface area contributed by atoms with Crippen molar-refractivity contribution in [2.45, 2.75) is 37.7 Å². The molecular weight excluding hydrogens is 308 g/mol. The molecule has 1 fully saturated rings. The first-order valence-corrected chi connectivity index (χ1v) is 6.86. The molecule has 0 aliphatic carbocycles. The Morgan fingerprint density at radius 2 is 2.13 bits per heavy atom. The minimum atomic E-state index is -1.25. The fraction of sp³-hybridized carbons (Fsp3) is 0.571. The maximum absolute atomic E-state index is 12.4. The summed E-state index contributed by atoms with van der Waals surface area (Å²) in [5.74, 6) is 2.19. The average molecular weight is 326 g/mol. The van der Waals surface area contributed by atoms with Crippen LogP contribution < -0.4 is 11.2 Å². The molecule has 1 aromatic rings. The van der Waals surface area contributed by atoms with E-state index in [1.807, 2.05) is 0 Å². The number of aromatic nitrogens is 2. The summed E-state index contributed by atoms with van der Waals surface area (Å²) in [6.07, 6.45) is 2.15. The highest BCUT2D eigenvalue weighted by Crippen LogP contribution is 2.29. The van der Waals surface area contributed by atoms with Gasteiger partial charge in [0.05, 0.1) is 25.3 Å². The Labute approximate surface area is 131 Å². The summed E-state index contributed by atoms with van der Waals surface area (Å²) in [4.78, 5) is 24.5. The van der Waals surface area contributed by atoms with E-state index in [2.05, 4.69) is 5.92 Å². The van der Waals surface area contributed by atoms with Crippen LogP contribution in [0.5, 0.6) is 0 Å². The summed E-state index contributed by atoms with van der Waals surface area (Å²) in [6.45, 7) is -1.31. The van der Waals surface area contributed by atoms with Gasteiger partial charge in [0.15, 0.2) is 6.23 Å². The van der Waals surface area contributed by atoms with E-state index in [0.717, 1.165) is 15.3 Å². The lowest BCUT2D eigenvalue weighted by atomic mass is 10.1. The molecule has 126 valence electrons. The Morgan fingerprint density at radius 1 is 1.43 bits per heavy atom. The standard InChI is InChI=1S/C14H18N2O7/c1-3-4-15-12(20)8(6-17)5-16(14(15)21)13-10(19)11(22-2)9(7-18)23-13/h1,5,9-11,13,17-19H,4,6-7H2,2H3/t9-,10-,11-,13-/m1/s1. The highest BCUT2D eigenvalue weighted by Gasteiger charge is 2.45. The molecule has 4 atom stereocenters. The molecule has 0 aromatic carbocycles. The highest BCUT2D eigenvalue weighted by atomic mass is 16.6. The number of terminal acetylenes is 1. The Kier molecular flexibility index (Phi) is 5.35. The lowest BCUT2D eigenvalue weighted by Crippen LogP contribution is -2.44. The summed E-state index contributed by atoms with van der Waals surface area (Å²) in [6, 6.07) is 0. The van der Waals surface area contributed by atoms with Crippen molar-refractivity contribution in [3.05, 3.63) is 32.6 Å². The molecule has 1 aromatic heterocycles. The second-order valence-electron chi connectivity index (χ2n) is 5.04. The molecule has 0 unspecified atom stereocenters. The number of methoxy groups -OCH3 is 1. The molecular formula is C14H18N2O7. The van der Waals surface area contributed by atoms with Crippen LogP contribution in [0.1, 0.15) is 11.8 Å². The molecule has 0 spiro atoms. The maximum atomic E-state index is 12.4. The van der Waals surface area contributed by atoms with Crippen molar-refractivity contribution in [2.24, 2.45) is 0 Å². The van der Waals surface area contributed by atoms with Gasteiger partial charge in [-0.3, -0.25) is 9.36 Å². The fourth-order valence-corrected chi connectivity index (χ4v) is 2.59. The Balaban J connectivity index is 2.56. The van der Waals surface area contributed by atoms with E-state index in [1.165, 1.54) is 7.11 Å². The van der Waals surface area contributed by atoms with E-state index in [1.54, 1.807) is 0 Å². The molecule has 0 saturated carbocycles. The summed E-state index contributed by atoms with van der Waals surface area (Å²) in [7, 11) is 1.34. The zero-order chi connectivity index (χ0) is 17.1. The quantitative estimate of drug-likeness (QED) is 0.507. The van der Waals surface area contributed by atoms with E-state index < -0.39 is 49.0 Å². The first kappa shape index (κ1) is 17.4. The van der Waals surface area contributed by atoms with Gasteiger partial charge >= 0.3 is 5.69 Å². The zero-order valence-electron chi connectivity index (χ0n) is 12.5. The molecule has 1 aliphatic rings. The van der Waals surface area contributed by atoms with Gasteiger partial charge in [-0.15, -0.1) is 6.42 Å². The third kappa shape index (κ3) is 2.95. The van der Waals surface area contributed by atoms with Gasteiger partial charge < -0.3 is 24.8 Å². The first-order chi connectivity index (χ1) is 11.0. The number of hydrogen-bond acceptors (Lipinski definition) is 7. The molecule has 9 nitrogen and oxygen atoms in total. The number of hydrogen-bond donors (Lipinski definition) is 3. The molecule has 9 heteroatoms. The molecule has 0 amide bonds. The smallest absolute Gasteiger partial charge is 0.334 e. The Bertz CT molecular complexity index is 717. The second-order valence-corrected chi connectivity index (χ2v) is 5.04. The van der Waals surface area contributed by atoms with Crippen LogP contribution in [0, 0.1) is 12.3 Å². The summed E-state index contributed by atoms with van der Waals surface area (Å²) < 4.78 is 12.3. The third-order valence-corrected chi connectivity index (χ3v) is 3.72. The van der Waals surface area contributed by atoms with Crippen molar-refractivity contribution in [1.29, 1.82) is 0 Å². The first-order valence-electron chi connectivity index (χ1n) is 6.86. The number of rotatable bonds is 5. The summed E-state index contributed by atoms with van der Waals surface area (Å²) in [5, 5.41) is 28.8. The maximum Gasteiger partial charge on any atom is 0.334 e. The topological polar surface area (TPSA) is 123 Å². The van der Waals surface area contributed by atoms with Gasteiger partial charge in [-0.05, 0) is 0 Å². The predicted octanol–water partition coefficient (Wildman–Crippen LogP) is -2.60. The molecule has 1 saturated heterocycles. The molecule has 23 heavy (non-hydrogen) atoms. The number of ether oxygens (including phenoxy) is 2. The molecule has 0 bridgehead atoms. The van der Waals surface area contributed by atoms with Gasteiger partial charge in [0.25, 0.3) is 5.56 Å². The summed E-state index contributed by atoms with van der Waals surface area (Å²) in [5.41, 5.74) is -1.57. The van der Waals surface area contributed by atoms with E-state index in [0.29, 0.717) is 0 Å². The molecule has 2 rings (SSSR count). The van der Waals surface area contributed by atoms with E-state index in [9.17, 15) is 24.9 Å². The van der Waals surface area contributed by atoms with Crippen LogP contribution in [0.15, 0.2) is 15.8 Å². The van der Waals surface area contributed by atoms with Crippen molar-refractivity contribution in [3.63, 3.8) is 0 Å². The van der Waals surface area contributed by atoms with E-state index in [4.69, 9.17) is 15.9 Å². The van der Waals surface area contributed by atoms with Crippen molar-refractivity contribution in [3.8, 4) is 12.3 Å². The van der Waals surface area contributed by atoms with E-state index >= 15 is 0 Å². The SMILES string of the molecule is C#CCn1c(=O)c(CO)cn([C@@H]2O[C@H](CO)[C@@H](OC)[C@H]2O)c1=O. The van der Waals surface area contributed by atoms with Gasteiger partial charge in [-0.2, -0.15) is 0 Å². The van der Waals surface area contributed by atoms with Crippen LogP contribution in [0.4, 0.5) is 0 Å².